The molecule has 0 aromatic carbocycles. The van der Waals surface area contributed by atoms with Gasteiger partial charge >= 0.3 is 29.6 Å². The summed E-state index contributed by atoms with van der Waals surface area (Å²) < 4.78 is 30.7. The molecule has 7 heteroatoms. The minimum absolute atomic E-state index is 0. The molecule has 1 unspecified atom stereocenters. The van der Waals surface area contributed by atoms with E-state index in [2.05, 4.69) is 0 Å². The van der Waals surface area contributed by atoms with Crippen LogP contribution >= 0.6 is 0 Å². The first-order valence-electron chi connectivity index (χ1n) is 2.55. The molecule has 0 saturated heterocycles. The predicted octanol–water partition coefficient (Wildman–Crippen LogP) is -4.24. The quantitative estimate of drug-likeness (QED) is 0.272. The van der Waals surface area contributed by atoms with Gasteiger partial charge < -0.3 is 9.66 Å². The maximum atomic E-state index is 10.2. The molecule has 0 bridgehead atoms. The molecule has 0 spiro atoms. The third kappa shape index (κ3) is 3.37. The molecular weight excluding hydrogens is 181 g/mol. The zero-order valence-electron chi connectivity index (χ0n) is 7.03. The summed E-state index contributed by atoms with van der Waals surface area (Å²) in [6.07, 6.45) is 0. The van der Waals surface area contributed by atoms with Crippen LogP contribution in [0.4, 0.5) is 0 Å². The third-order valence-electron chi connectivity index (χ3n) is 1.30. The molecule has 0 saturated carbocycles. The van der Waals surface area contributed by atoms with Crippen molar-refractivity contribution in [2.45, 2.75) is 12.0 Å². The Bertz CT molecular complexity index is 210. The Labute approximate surface area is 88.4 Å². The summed E-state index contributed by atoms with van der Waals surface area (Å²) in [7, 11) is -2.07. The Balaban J connectivity index is 0. The minimum Gasteiger partial charge on any atom is -0.745 e. The Hall–Kier alpha value is 0.830. The topological polar surface area (TPSA) is 80.7 Å². The van der Waals surface area contributed by atoms with Crippen molar-refractivity contribution in [1.82, 2.24) is 4.90 Å². The smallest absolute Gasteiger partial charge is 0.745 e. The molecular formula is C4H10NNaO4S. The van der Waals surface area contributed by atoms with Crippen LogP contribution in [0.25, 0.3) is 0 Å². The van der Waals surface area contributed by atoms with Crippen molar-refractivity contribution in [1.29, 1.82) is 0 Å². The van der Waals surface area contributed by atoms with E-state index in [4.69, 9.17) is 5.11 Å². The SMILES string of the molecule is CN(C)C(C)(O)S(=O)(=O)[O-].[Na+]. The first kappa shape index (κ1) is 14.4. The normalized spacial score (nSPS) is 17.3. The van der Waals surface area contributed by atoms with Crippen molar-refractivity contribution >= 4 is 10.1 Å². The van der Waals surface area contributed by atoms with Crippen molar-refractivity contribution in [3.63, 3.8) is 0 Å². The van der Waals surface area contributed by atoms with Gasteiger partial charge in [-0.2, -0.15) is 0 Å². The van der Waals surface area contributed by atoms with Crippen LogP contribution in [0, 0.1) is 0 Å². The van der Waals surface area contributed by atoms with Gasteiger partial charge in [-0.05, 0) is 21.0 Å². The Morgan fingerprint density at radius 1 is 1.45 bits per heavy atom. The second kappa shape index (κ2) is 4.18. The molecule has 11 heavy (non-hydrogen) atoms. The Morgan fingerprint density at radius 3 is 1.73 bits per heavy atom. The van der Waals surface area contributed by atoms with Gasteiger partial charge in [-0.1, -0.05) is 0 Å². The first-order chi connectivity index (χ1) is 4.19. The molecule has 0 aromatic rings. The molecule has 0 aromatic heterocycles. The van der Waals surface area contributed by atoms with E-state index in [-0.39, 0.29) is 29.6 Å². The van der Waals surface area contributed by atoms with Gasteiger partial charge in [0.05, 0.1) is 0 Å². The molecule has 0 rings (SSSR count). The fourth-order valence-corrected chi connectivity index (χ4v) is 0.671. The fourth-order valence-electron chi connectivity index (χ4n) is 0.224. The van der Waals surface area contributed by atoms with Crippen LogP contribution in [0.3, 0.4) is 0 Å². The monoisotopic (exact) mass is 191 g/mol. The van der Waals surface area contributed by atoms with Gasteiger partial charge in [0.1, 0.15) is 10.1 Å². The number of hydrogen-bond donors (Lipinski definition) is 1. The second-order valence-electron chi connectivity index (χ2n) is 2.28. The molecule has 1 atom stereocenters. The van der Waals surface area contributed by atoms with E-state index >= 15 is 0 Å². The summed E-state index contributed by atoms with van der Waals surface area (Å²) in [6, 6.07) is 0. The van der Waals surface area contributed by atoms with E-state index < -0.39 is 15.2 Å². The van der Waals surface area contributed by atoms with Crippen LogP contribution < -0.4 is 29.6 Å². The van der Waals surface area contributed by atoms with E-state index in [9.17, 15) is 13.0 Å². The van der Waals surface area contributed by atoms with E-state index in [1.54, 1.807) is 0 Å². The van der Waals surface area contributed by atoms with Gasteiger partial charge in [-0.25, -0.2) is 8.42 Å². The van der Waals surface area contributed by atoms with Crippen molar-refractivity contribution in [2.24, 2.45) is 0 Å². The molecule has 0 radical (unpaired) electrons. The average molecular weight is 191 g/mol. The molecule has 0 aliphatic heterocycles. The summed E-state index contributed by atoms with van der Waals surface area (Å²) in [6.45, 7) is 0.926. The molecule has 0 aliphatic rings. The first-order valence-corrected chi connectivity index (χ1v) is 3.95. The maximum absolute atomic E-state index is 10.2. The zero-order chi connectivity index (χ0) is 8.58. The Kier molecular flexibility index (Phi) is 5.45. The number of aliphatic hydroxyl groups is 1. The number of hydrogen-bond acceptors (Lipinski definition) is 5. The third-order valence-corrected chi connectivity index (χ3v) is 2.62. The van der Waals surface area contributed by atoms with E-state index in [0.717, 1.165) is 11.8 Å². The molecule has 0 amide bonds. The van der Waals surface area contributed by atoms with Crippen molar-refractivity contribution in [3.8, 4) is 0 Å². The molecule has 0 heterocycles. The van der Waals surface area contributed by atoms with Gasteiger partial charge in [0.15, 0.2) is 0 Å². The van der Waals surface area contributed by atoms with Crippen LogP contribution in [0.1, 0.15) is 6.92 Å². The number of nitrogens with zero attached hydrogens (tertiary/aromatic N) is 1. The second-order valence-corrected chi connectivity index (χ2v) is 3.96. The molecule has 0 aliphatic carbocycles. The summed E-state index contributed by atoms with van der Waals surface area (Å²) in [4.78, 5) is 0.926. The van der Waals surface area contributed by atoms with Gasteiger partial charge in [-0.15, -0.1) is 0 Å². The molecule has 62 valence electrons. The average Bonchev–Trinajstić information content (AvgIpc) is 1.62. The van der Waals surface area contributed by atoms with Crippen LogP contribution in [-0.4, -0.2) is 42.1 Å². The van der Waals surface area contributed by atoms with Gasteiger partial charge in [0.2, 0.25) is 5.06 Å². The summed E-state index contributed by atoms with van der Waals surface area (Å²) in [5, 5.41) is 6.64. The molecule has 5 nitrogen and oxygen atoms in total. The predicted molar refractivity (Wildman–Crippen MR) is 34.0 cm³/mol. The van der Waals surface area contributed by atoms with E-state index in [1.807, 2.05) is 0 Å². The maximum Gasteiger partial charge on any atom is 1.00 e. The molecule has 1 N–H and O–H groups in total. The fraction of sp³-hybridized carbons (Fsp3) is 1.00. The van der Waals surface area contributed by atoms with E-state index in [1.165, 1.54) is 14.1 Å². The van der Waals surface area contributed by atoms with Crippen LogP contribution in [-0.2, 0) is 10.1 Å². The summed E-state index contributed by atoms with van der Waals surface area (Å²) in [5.41, 5.74) is 0. The van der Waals surface area contributed by atoms with Crippen molar-refractivity contribution in [2.75, 3.05) is 14.1 Å². The van der Waals surface area contributed by atoms with Crippen LogP contribution in [0.15, 0.2) is 0 Å². The van der Waals surface area contributed by atoms with Crippen molar-refractivity contribution in [3.05, 3.63) is 0 Å². The number of rotatable bonds is 2. The van der Waals surface area contributed by atoms with Crippen LogP contribution in [0.5, 0.6) is 0 Å². The van der Waals surface area contributed by atoms with Crippen LogP contribution in [0.2, 0.25) is 0 Å². The van der Waals surface area contributed by atoms with E-state index in [0.29, 0.717) is 0 Å². The summed E-state index contributed by atoms with van der Waals surface area (Å²) >= 11 is 0. The summed E-state index contributed by atoms with van der Waals surface area (Å²) in [5.74, 6) is 0. The van der Waals surface area contributed by atoms with Gasteiger partial charge in [0, 0.05) is 0 Å². The standard InChI is InChI=1S/C4H11NO4S.Na/c1-4(6,5(2)3)10(7,8)9;/h6H,1-3H3,(H,7,8,9);/q;+1/p-1. The van der Waals surface area contributed by atoms with Gasteiger partial charge in [0.25, 0.3) is 0 Å². The zero-order valence-corrected chi connectivity index (χ0v) is 9.84. The molecule has 0 fully saturated rings. The largest absolute Gasteiger partial charge is 1.00 e. The minimum atomic E-state index is -4.67. The Morgan fingerprint density at radius 2 is 1.73 bits per heavy atom. The van der Waals surface area contributed by atoms with Crippen molar-refractivity contribution < 1.29 is 47.6 Å². The van der Waals surface area contributed by atoms with Gasteiger partial charge in [-0.3, -0.25) is 4.90 Å².